The molecule has 0 radical (unpaired) electrons. The zero-order valence-corrected chi connectivity index (χ0v) is 16.5. The van der Waals surface area contributed by atoms with E-state index >= 15 is 0 Å². The van der Waals surface area contributed by atoms with E-state index in [9.17, 15) is 9.90 Å². The van der Waals surface area contributed by atoms with Gasteiger partial charge in [0.05, 0.1) is 17.9 Å². The van der Waals surface area contributed by atoms with Crippen LogP contribution in [0.25, 0.3) is 11.6 Å². The van der Waals surface area contributed by atoms with E-state index in [2.05, 4.69) is 56.7 Å². The lowest BCUT2D eigenvalue weighted by Crippen LogP contribution is -2.34. The molecule has 0 atom stereocenters. The summed E-state index contributed by atoms with van der Waals surface area (Å²) in [5.41, 5.74) is 6.67. The quantitative estimate of drug-likeness (QED) is 0.909. The number of hydrogen-bond donors (Lipinski definition) is 1. The lowest BCUT2D eigenvalue weighted by Gasteiger charge is -2.42. The number of aryl methyl sites for hydroxylation is 1. The Kier molecular flexibility index (Phi) is 4.33. The van der Waals surface area contributed by atoms with Crippen LogP contribution in [-0.4, -0.2) is 15.9 Å². The molecule has 1 heterocycles. The smallest absolute Gasteiger partial charge is 0.130 e. The van der Waals surface area contributed by atoms with Gasteiger partial charge in [-0.05, 0) is 71.4 Å². The number of nitrogens with zero attached hydrogens (tertiary/aromatic N) is 1. The fourth-order valence-electron chi connectivity index (χ4n) is 3.94. The Hall–Kier alpha value is -2.36. The summed E-state index contributed by atoms with van der Waals surface area (Å²) in [5.74, 6) is -0.720. The number of fused-ring (bicyclic) bond motifs is 1. The molecule has 26 heavy (non-hydrogen) atoms. The van der Waals surface area contributed by atoms with Gasteiger partial charge in [0, 0.05) is 0 Å². The maximum Gasteiger partial charge on any atom is 0.130 e. The maximum atomic E-state index is 10.9. The molecule has 1 N–H and O–H groups in total. The van der Waals surface area contributed by atoms with Crippen LogP contribution < -0.4 is 5.11 Å². The number of aromatic nitrogens is 2. The van der Waals surface area contributed by atoms with Crippen molar-refractivity contribution in [3.8, 4) is 0 Å². The highest BCUT2D eigenvalue weighted by Crippen LogP contribution is 2.47. The summed E-state index contributed by atoms with van der Waals surface area (Å²) in [6.45, 7) is 13.5. The largest absolute Gasteiger partial charge is 0.543 e. The second kappa shape index (κ2) is 6.11. The SMILES string of the molecule is C/C(=C\c1ncc(C(=O)[O-])[nH]1)c1cc2c(cc1C)C(C)(C)CCC2(C)C. The van der Waals surface area contributed by atoms with Crippen LogP contribution in [0.2, 0.25) is 0 Å². The third-order valence-electron chi connectivity index (χ3n) is 5.79. The summed E-state index contributed by atoms with van der Waals surface area (Å²) in [6, 6.07) is 4.65. The van der Waals surface area contributed by atoms with Gasteiger partial charge in [-0.25, -0.2) is 4.98 Å². The lowest BCUT2D eigenvalue weighted by molar-refractivity contribution is -0.255. The number of hydrogen-bond acceptors (Lipinski definition) is 3. The van der Waals surface area contributed by atoms with Crippen molar-refractivity contribution < 1.29 is 9.90 Å². The van der Waals surface area contributed by atoms with Gasteiger partial charge in [0.2, 0.25) is 0 Å². The molecule has 138 valence electrons. The third-order valence-corrected chi connectivity index (χ3v) is 5.79. The summed E-state index contributed by atoms with van der Waals surface area (Å²) in [5, 5.41) is 10.9. The average Bonchev–Trinajstić information content (AvgIpc) is 3.00. The van der Waals surface area contributed by atoms with Crippen molar-refractivity contribution in [3.63, 3.8) is 0 Å². The summed E-state index contributed by atoms with van der Waals surface area (Å²) in [7, 11) is 0. The van der Waals surface area contributed by atoms with Crippen LogP contribution >= 0.6 is 0 Å². The second-order valence-electron chi connectivity index (χ2n) is 8.78. The highest BCUT2D eigenvalue weighted by atomic mass is 16.4. The van der Waals surface area contributed by atoms with E-state index in [1.807, 2.05) is 13.0 Å². The highest BCUT2D eigenvalue weighted by Gasteiger charge is 2.37. The van der Waals surface area contributed by atoms with Crippen molar-refractivity contribution in [1.29, 1.82) is 0 Å². The fraction of sp³-hybridized carbons (Fsp3) is 0.455. The van der Waals surface area contributed by atoms with Crippen LogP contribution in [0.3, 0.4) is 0 Å². The zero-order chi connectivity index (χ0) is 19.3. The van der Waals surface area contributed by atoms with Crippen LogP contribution in [0.5, 0.6) is 0 Å². The van der Waals surface area contributed by atoms with Gasteiger partial charge >= 0.3 is 0 Å². The average molecular weight is 351 g/mol. The summed E-state index contributed by atoms with van der Waals surface area (Å²) in [6.07, 6.45) is 5.55. The zero-order valence-electron chi connectivity index (χ0n) is 16.5. The first kappa shape index (κ1) is 18.4. The van der Waals surface area contributed by atoms with Gasteiger partial charge in [0.25, 0.3) is 0 Å². The number of carboxylic acids is 1. The molecule has 1 aliphatic carbocycles. The minimum atomic E-state index is -1.25. The molecule has 0 saturated heterocycles. The fourth-order valence-corrected chi connectivity index (χ4v) is 3.94. The molecule has 1 aromatic carbocycles. The first-order valence-electron chi connectivity index (χ1n) is 9.12. The summed E-state index contributed by atoms with van der Waals surface area (Å²) < 4.78 is 0. The van der Waals surface area contributed by atoms with Gasteiger partial charge in [-0.3, -0.25) is 0 Å². The number of benzene rings is 1. The molecule has 1 aromatic heterocycles. The van der Waals surface area contributed by atoms with E-state index in [-0.39, 0.29) is 16.5 Å². The molecular formula is C22H27N2O2-. The number of rotatable bonds is 3. The first-order chi connectivity index (χ1) is 12.0. The number of allylic oxidation sites excluding steroid dienone is 1. The molecule has 1 aliphatic rings. The number of carbonyl (C=O) groups excluding carboxylic acids is 1. The number of aromatic carboxylic acids is 1. The molecule has 2 aromatic rings. The Morgan fingerprint density at radius 2 is 1.73 bits per heavy atom. The predicted molar refractivity (Wildman–Crippen MR) is 103 cm³/mol. The molecule has 0 fully saturated rings. The number of nitrogens with one attached hydrogen (secondary N) is 1. The van der Waals surface area contributed by atoms with Gasteiger partial charge < -0.3 is 14.9 Å². The minimum Gasteiger partial charge on any atom is -0.543 e. The van der Waals surface area contributed by atoms with E-state index < -0.39 is 5.97 Å². The maximum absolute atomic E-state index is 10.9. The normalized spacial score (nSPS) is 18.5. The Bertz CT molecular complexity index is 901. The van der Waals surface area contributed by atoms with Crippen LogP contribution in [-0.2, 0) is 10.8 Å². The number of carboxylic acid groups (broad SMARTS) is 1. The number of H-pyrrole nitrogens is 1. The Morgan fingerprint density at radius 3 is 2.27 bits per heavy atom. The van der Waals surface area contributed by atoms with Gasteiger partial charge in [0.15, 0.2) is 0 Å². The lowest BCUT2D eigenvalue weighted by atomic mass is 9.62. The van der Waals surface area contributed by atoms with Crippen molar-refractivity contribution in [1.82, 2.24) is 9.97 Å². The molecule has 3 rings (SSSR count). The van der Waals surface area contributed by atoms with Crippen LogP contribution in [0.15, 0.2) is 18.3 Å². The second-order valence-corrected chi connectivity index (χ2v) is 8.78. The van der Waals surface area contributed by atoms with E-state index in [4.69, 9.17) is 0 Å². The van der Waals surface area contributed by atoms with Gasteiger partial charge in [-0.15, -0.1) is 0 Å². The van der Waals surface area contributed by atoms with E-state index in [1.165, 1.54) is 41.3 Å². The molecule has 4 heteroatoms. The van der Waals surface area contributed by atoms with E-state index in [1.54, 1.807) is 0 Å². The molecule has 4 nitrogen and oxygen atoms in total. The molecule has 0 bridgehead atoms. The molecule has 0 unspecified atom stereocenters. The Balaban J connectivity index is 2.08. The molecule has 0 spiro atoms. The van der Waals surface area contributed by atoms with E-state index in [0.717, 1.165) is 5.57 Å². The Morgan fingerprint density at radius 1 is 1.15 bits per heavy atom. The summed E-state index contributed by atoms with van der Waals surface area (Å²) in [4.78, 5) is 17.8. The number of carbonyl (C=O) groups is 1. The Labute approximate surface area is 155 Å². The van der Waals surface area contributed by atoms with Crippen molar-refractivity contribution in [2.75, 3.05) is 0 Å². The highest BCUT2D eigenvalue weighted by molar-refractivity contribution is 5.85. The molecule has 0 amide bonds. The van der Waals surface area contributed by atoms with Crippen molar-refractivity contribution in [2.24, 2.45) is 0 Å². The predicted octanol–water partition coefficient (Wildman–Crippen LogP) is 3.99. The van der Waals surface area contributed by atoms with Gasteiger partial charge in [-0.1, -0.05) is 39.8 Å². The van der Waals surface area contributed by atoms with E-state index in [0.29, 0.717) is 5.82 Å². The van der Waals surface area contributed by atoms with Crippen molar-refractivity contribution in [3.05, 3.63) is 52.1 Å². The monoisotopic (exact) mass is 351 g/mol. The molecular weight excluding hydrogens is 324 g/mol. The van der Waals surface area contributed by atoms with Crippen LogP contribution in [0.1, 0.15) is 86.0 Å². The topological polar surface area (TPSA) is 68.8 Å². The van der Waals surface area contributed by atoms with Crippen LogP contribution in [0.4, 0.5) is 0 Å². The molecule has 0 aliphatic heterocycles. The van der Waals surface area contributed by atoms with Gasteiger partial charge in [-0.2, -0.15) is 0 Å². The summed E-state index contributed by atoms with van der Waals surface area (Å²) >= 11 is 0. The van der Waals surface area contributed by atoms with Crippen molar-refractivity contribution >= 4 is 17.6 Å². The van der Waals surface area contributed by atoms with Crippen LogP contribution in [0, 0.1) is 6.92 Å². The van der Waals surface area contributed by atoms with Crippen molar-refractivity contribution in [2.45, 2.75) is 65.2 Å². The number of imidazole rings is 1. The first-order valence-corrected chi connectivity index (χ1v) is 9.12. The third kappa shape index (κ3) is 3.20. The molecule has 0 saturated carbocycles. The minimum absolute atomic E-state index is 0.00547. The standard InChI is InChI=1S/C22H28N2O2/c1-13-9-16-17(22(5,6)8-7-21(16,3)4)11-15(13)14(2)10-19-23-12-18(24-19)20(25)26/h9-12H,7-8H2,1-6H3,(H,23,24)(H,25,26)/p-1/b14-10+. The number of aromatic amines is 1. The van der Waals surface area contributed by atoms with Gasteiger partial charge in [0.1, 0.15) is 5.82 Å².